The summed E-state index contributed by atoms with van der Waals surface area (Å²) in [5, 5.41) is 2.89. The number of benzene rings is 1. The first-order chi connectivity index (χ1) is 14.5. The van der Waals surface area contributed by atoms with Gasteiger partial charge in [-0.1, -0.05) is 12.1 Å². The lowest BCUT2D eigenvalue weighted by atomic mass is 10.1. The molecule has 2 aromatic heterocycles. The number of hydrogen-bond acceptors (Lipinski definition) is 7. The average Bonchev–Trinajstić information content (AvgIpc) is 3.23. The number of carbonyl (C=O) groups is 1. The van der Waals surface area contributed by atoms with Crippen molar-refractivity contribution in [3.63, 3.8) is 0 Å². The third kappa shape index (κ3) is 3.17. The van der Waals surface area contributed by atoms with E-state index in [0.717, 1.165) is 19.3 Å². The van der Waals surface area contributed by atoms with Crippen LogP contribution in [0.15, 0.2) is 57.7 Å². The van der Waals surface area contributed by atoms with Crippen LogP contribution >= 0.6 is 11.3 Å². The third-order valence-electron chi connectivity index (χ3n) is 6.02. The van der Waals surface area contributed by atoms with Gasteiger partial charge in [0.15, 0.2) is 11.6 Å². The van der Waals surface area contributed by atoms with E-state index in [2.05, 4.69) is 0 Å². The van der Waals surface area contributed by atoms with Crippen LogP contribution in [0.1, 0.15) is 28.9 Å². The maximum Gasteiger partial charge on any atom is 0.350 e. The van der Waals surface area contributed by atoms with Gasteiger partial charge in [0.25, 0.3) is 5.56 Å². The number of thiophene rings is 1. The predicted molar refractivity (Wildman–Crippen MR) is 116 cm³/mol. The summed E-state index contributed by atoms with van der Waals surface area (Å²) in [5.74, 6) is -0.466. The van der Waals surface area contributed by atoms with Gasteiger partial charge in [-0.2, -0.15) is 0 Å². The number of aromatic nitrogens is 1. The Balaban J connectivity index is 1.43. The van der Waals surface area contributed by atoms with Crippen molar-refractivity contribution in [1.82, 2.24) is 8.87 Å². The molecule has 1 aliphatic heterocycles. The molecule has 2 atom stereocenters. The fraction of sp³-hybridized carbons (Fsp3) is 0.333. The van der Waals surface area contributed by atoms with Crippen molar-refractivity contribution in [3.8, 4) is 0 Å². The number of carbonyl (C=O) groups excluding carboxylic acids is 1. The van der Waals surface area contributed by atoms with Crippen molar-refractivity contribution in [3.05, 3.63) is 63.2 Å². The van der Waals surface area contributed by atoms with Gasteiger partial charge in [-0.25, -0.2) is 4.79 Å². The summed E-state index contributed by atoms with van der Waals surface area (Å²) >= 11 is -0.100. The molecule has 156 valence electrons. The van der Waals surface area contributed by atoms with Crippen LogP contribution in [0.3, 0.4) is 0 Å². The topological polar surface area (TPSA) is 101 Å². The van der Waals surface area contributed by atoms with E-state index in [1.165, 1.54) is 15.9 Å². The standard InChI is InChI=1S/C21H21N3O4S2/c22-18-7-11-24(21(18)8-9-21)30(27)17-5-1-3-15-14(17)6-10-23(19(15)25)13-28-20(26)16-4-2-12-29-16/h1-6,10,12,18H,7-9,11,13,22H2. The molecule has 9 heteroatoms. The Hall–Kier alpha value is -2.17. The van der Waals surface area contributed by atoms with E-state index in [0.29, 0.717) is 27.1 Å². The summed E-state index contributed by atoms with van der Waals surface area (Å²) in [5.41, 5.74) is 5.82. The number of ether oxygens (including phenoxy) is 1. The van der Waals surface area contributed by atoms with Crippen molar-refractivity contribution in [2.24, 2.45) is 5.73 Å². The third-order valence-corrected chi connectivity index (χ3v) is 8.54. The minimum absolute atomic E-state index is 0.0479. The molecule has 1 spiro atoms. The Kier molecular flexibility index (Phi) is 4.95. The molecule has 2 N–H and O–H groups in total. The first-order valence-electron chi connectivity index (χ1n) is 9.79. The van der Waals surface area contributed by atoms with E-state index in [-0.39, 0.29) is 23.9 Å². The number of esters is 1. The van der Waals surface area contributed by atoms with Gasteiger partial charge in [-0.3, -0.25) is 9.36 Å². The molecule has 3 aromatic rings. The second-order valence-electron chi connectivity index (χ2n) is 7.70. The highest BCUT2D eigenvalue weighted by atomic mass is 32.2. The van der Waals surface area contributed by atoms with Crippen LogP contribution in [0.5, 0.6) is 0 Å². The first-order valence-corrected chi connectivity index (χ1v) is 11.8. The monoisotopic (exact) mass is 443 g/mol. The Morgan fingerprint density at radius 1 is 1.27 bits per heavy atom. The zero-order valence-electron chi connectivity index (χ0n) is 16.2. The normalized spacial score (nSPS) is 21.2. The first kappa shape index (κ1) is 19.8. The second kappa shape index (κ2) is 7.51. The summed E-state index contributed by atoms with van der Waals surface area (Å²) in [4.78, 5) is 26.1. The summed E-state index contributed by atoms with van der Waals surface area (Å²) < 4.78 is 22.0. The van der Waals surface area contributed by atoms with Gasteiger partial charge in [-0.15, -0.1) is 15.6 Å². The SMILES string of the molecule is NC1CCN([S+]([O-])c2cccc3c(=O)n(COC(=O)c4cccs4)ccc23)C12CC2. The molecule has 2 fully saturated rings. The molecule has 2 unspecified atom stereocenters. The Morgan fingerprint density at radius 3 is 2.83 bits per heavy atom. The molecular weight excluding hydrogens is 422 g/mol. The number of fused-ring (bicyclic) bond motifs is 1. The number of hydrogen-bond donors (Lipinski definition) is 1. The van der Waals surface area contributed by atoms with E-state index in [9.17, 15) is 14.1 Å². The zero-order valence-corrected chi connectivity index (χ0v) is 17.8. The van der Waals surface area contributed by atoms with E-state index in [1.54, 1.807) is 48.0 Å². The summed E-state index contributed by atoms with van der Waals surface area (Å²) in [6.07, 6.45) is 4.34. The van der Waals surface area contributed by atoms with Gasteiger partial charge >= 0.3 is 5.97 Å². The number of nitrogens with two attached hydrogens (primary N) is 1. The summed E-state index contributed by atoms with van der Waals surface area (Å²) in [7, 11) is 0. The van der Waals surface area contributed by atoms with Crippen LogP contribution in [0.4, 0.5) is 0 Å². The predicted octanol–water partition coefficient (Wildman–Crippen LogP) is 2.47. The molecule has 1 aromatic carbocycles. The quantitative estimate of drug-likeness (QED) is 0.480. The van der Waals surface area contributed by atoms with Gasteiger partial charge in [0.05, 0.1) is 22.3 Å². The maximum absolute atomic E-state index is 13.4. The lowest BCUT2D eigenvalue weighted by Gasteiger charge is -2.27. The molecule has 30 heavy (non-hydrogen) atoms. The number of rotatable bonds is 5. The lowest BCUT2D eigenvalue weighted by molar-refractivity contribution is 0.0373. The van der Waals surface area contributed by atoms with Crippen LogP contribution in [0.25, 0.3) is 10.8 Å². The van der Waals surface area contributed by atoms with Crippen molar-refractivity contribution in [2.45, 2.75) is 42.5 Å². The zero-order chi connectivity index (χ0) is 20.9. The second-order valence-corrected chi connectivity index (χ2v) is 10.0. The van der Waals surface area contributed by atoms with Crippen LogP contribution in [-0.4, -0.2) is 37.5 Å². The highest BCUT2D eigenvalue weighted by molar-refractivity contribution is 7.89. The van der Waals surface area contributed by atoms with Crippen molar-refractivity contribution < 1.29 is 14.1 Å². The van der Waals surface area contributed by atoms with Gasteiger partial charge < -0.3 is 15.0 Å². The molecule has 0 amide bonds. The minimum atomic E-state index is -1.39. The number of nitrogens with zero attached hydrogens (tertiary/aromatic N) is 2. The molecule has 0 radical (unpaired) electrons. The fourth-order valence-corrected chi connectivity index (χ4v) is 6.52. The van der Waals surface area contributed by atoms with E-state index < -0.39 is 17.3 Å². The molecule has 1 aliphatic carbocycles. The molecular formula is C21H21N3O4S2. The van der Waals surface area contributed by atoms with Crippen LogP contribution in [0, 0.1) is 0 Å². The van der Waals surface area contributed by atoms with Crippen molar-refractivity contribution in [1.29, 1.82) is 0 Å². The Bertz CT molecular complexity index is 1160. The highest BCUT2D eigenvalue weighted by Gasteiger charge is 2.61. The largest absolute Gasteiger partial charge is 0.593 e. The van der Waals surface area contributed by atoms with Crippen LogP contribution in [-0.2, 0) is 22.8 Å². The maximum atomic E-state index is 13.4. The fourth-order valence-electron chi connectivity index (χ4n) is 4.18. The average molecular weight is 444 g/mol. The molecule has 2 aliphatic rings. The van der Waals surface area contributed by atoms with E-state index in [1.807, 2.05) is 4.31 Å². The molecule has 1 saturated heterocycles. The molecule has 3 heterocycles. The molecule has 1 saturated carbocycles. The van der Waals surface area contributed by atoms with E-state index >= 15 is 0 Å². The van der Waals surface area contributed by atoms with E-state index in [4.69, 9.17) is 10.5 Å². The Morgan fingerprint density at radius 2 is 2.10 bits per heavy atom. The van der Waals surface area contributed by atoms with Crippen molar-refractivity contribution in [2.75, 3.05) is 6.54 Å². The molecule has 0 bridgehead atoms. The smallest absolute Gasteiger partial charge is 0.350 e. The summed E-state index contributed by atoms with van der Waals surface area (Å²) in [6.45, 7) is 0.517. The van der Waals surface area contributed by atoms with Gasteiger partial charge in [0, 0.05) is 24.2 Å². The van der Waals surface area contributed by atoms with Gasteiger partial charge in [0.1, 0.15) is 4.88 Å². The minimum Gasteiger partial charge on any atom is -0.593 e. The lowest BCUT2D eigenvalue weighted by Crippen LogP contribution is -2.44. The van der Waals surface area contributed by atoms with Crippen LogP contribution < -0.4 is 11.3 Å². The molecule has 5 rings (SSSR count). The Labute approximate surface area is 180 Å². The van der Waals surface area contributed by atoms with Gasteiger partial charge in [0.2, 0.25) is 0 Å². The highest BCUT2D eigenvalue weighted by Crippen LogP contribution is 2.51. The summed E-state index contributed by atoms with van der Waals surface area (Å²) in [6, 6.07) is 10.5. The van der Waals surface area contributed by atoms with Crippen molar-refractivity contribution >= 4 is 39.4 Å². The molecule has 7 nitrogen and oxygen atoms in total. The number of pyridine rings is 1. The van der Waals surface area contributed by atoms with Gasteiger partial charge in [-0.05, 0) is 48.9 Å². The van der Waals surface area contributed by atoms with Crippen LogP contribution in [0.2, 0.25) is 0 Å².